The van der Waals surface area contributed by atoms with Gasteiger partial charge < -0.3 is 39.4 Å². The number of alkyl halides is 15. The molecule has 12 aromatic rings. The molecular formula is C81H70F15N7O7S. The van der Waals surface area contributed by atoms with Crippen LogP contribution in [0.15, 0.2) is 200 Å². The van der Waals surface area contributed by atoms with Gasteiger partial charge in [0.05, 0.1) is 56.7 Å². The highest BCUT2D eigenvalue weighted by atomic mass is 32.2. The van der Waals surface area contributed by atoms with E-state index in [-0.39, 0.29) is 52.8 Å². The van der Waals surface area contributed by atoms with E-state index < -0.39 is 77.8 Å². The molecule has 3 aromatic heterocycles. The smallest absolute Gasteiger partial charge is 0.456 e. The molecule has 3 saturated carbocycles. The van der Waals surface area contributed by atoms with Crippen LogP contribution in [0.1, 0.15) is 127 Å². The highest BCUT2D eigenvalue weighted by Gasteiger charge is 2.60. The average molecular weight is 1570 g/mol. The molecule has 0 aliphatic heterocycles. The first-order valence-electron chi connectivity index (χ1n) is 34.9. The van der Waals surface area contributed by atoms with Crippen molar-refractivity contribution in [1.29, 1.82) is 0 Å². The first-order valence-corrected chi connectivity index (χ1v) is 36.7. The fraction of sp³-hybridized carbons (Fsp3) is 0.296. The van der Waals surface area contributed by atoms with E-state index in [2.05, 4.69) is 38.9 Å². The number of anilines is 1. The maximum Gasteiger partial charge on any atom is 0.456 e. The average Bonchev–Trinajstić information content (AvgIpc) is 1.62. The summed E-state index contributed by atoms with van der Waals surface area (Å²) < 4.78 is 229. The molecule has 3 heterocycles. The summed E-state index contributed by atoms with van der Waals surface area (Å²) in [6, 6.07) is 58.3. The van der Waals surface area contributed by atoms with Crippen molar-refractivity contribution in [2.24, 2.45) is 0 Å². The van der Waals surface area contributed by atoms with Crippen molar-refractivity contribution >= 4 is 48.8 Å². The number of rotatable bonds is 22. The molecule has 0 bridgehead atoms. The van der Waals surface area contributed by atoms with Crippen molar-refractivity contribution < 1.29 is 98.7 Å². The lowest BCUT2D eigenvalue weighted by Crippen LogP contribution is -2.41. The number of benzene rings is 9. The van der Waals surface area contributed by atoms with Crippen LogP contribution in [-0.2, 0) is 15.6 Å². The van der Waals surface area contributed by atoms with Gasteiger partial charge in [-0.2, -0.15) is 65.9 Å². The summed E-state index contributed by atoms with van der Waals surface area (Å²) in [4.78, 5) is 24.3. The Labute approximate surface area is 625 Å². The van der Waals surface area contributed by atoms with E-state index in [1.54, 1.807) is 69.3 Å². The standard InChI is InChI=1S/C28H25F5N2O2.C27H23F5N2O2.C26H22F5N3O3S/c1-26(2,36)22-6-4-3-5-19(22)17-9-12-23-24(13-17)35-25(34-23)21-14-20(21)16-7-10-18(11-8-16)37-15-27(29,30)28(31,32)33;1-15(35)19-4-2-3-5-20(19)17-8-11-23-24(12-17)34-25(33-23)22-13-21(22)16-6-9-18(10-7-16)36-14-26(28,29)27(30,31)32;1-38(35,36)34-21-5-3-2-4-18(21)16-8-11-22-23(12-16)33-24(32-22)20-13-19(20)15-6-9-17(10-7-15)37-14-25(27,28)26(29,30)31/h3-13,20-21,36H,14-15H2,1-2H3,(H,34,35);2-12,15,21-22,35H,13-14H2,1H3,(H,33,34);2-12,19-20,34H,13-14H2,1H3,(H,32,33). The minimum atomic E-state index is -5.67. The molecule has 3 aliphatic carbocycles. The van der Waals surface area contributed by atoms with E-state index in [0.717, 1.165) is 137 Å². The van der Waals surface area contributed by atoms with Crippen LogP contribution in [-0.4, -0.2) is 111 Å². The molecule has 7 atom stereocenters. The van der Waals surface area contributed by atoms with Crippen LogP contribution in [0, 0.1) is 0 Å². The minimum Gasteiger partial charge on any atom is -0.487 e. The number of para-hydroxylation sites is 1. The zero-order chi connectivity index (χ0) is 79.5. The monoisotopic (exact) mass is 1570 g/mol. The molecule has 15 rings (SSSR count). The van der Waals surface area contributed by atoms with Crippen molar-refractivity contribution in [3.8, 4) is 50.6 Å². The highest BCUT2D eigenvalue weighted by Crippen LogP contribution is 2.57. The predicted octanol–water partition coefficient (Wildman–Crippen LogP) is 20.9. The van der Waals surface area contributed by atoms with Crippen molar-refractivity contribution in [1.82, 2.24) is 29.9 Å². The van der Waals surface area contributed by atoms with E-state index >= 15 is 0 Å². The Balaban J connectivity index is 0.000000146. The number of nitrogens with one attached hydrogen (secondary N) is 4. The molecule has 30 heteroatoms. The lowest BCUT2D eigenvalue weighted by Gasteiger charge is -2.21. The van der Waals surface area contributed by atoms with Gasteiger partial charge in [0.2, 0.25) is 10.0 Å². The number of H-pyrrole nitrogens is 3. The SMILES string of the molecule is CC(C)(O)c1ccccc1-c1ccc2nc(C3CC3c3ccc(OCC(F)(F)C(F)(F)F)cc3)[nH]c2c1.CC(O)c1ccccc1-c1ccc2nc(C3CC3c3ccc(OCC(F)(F)C(F)(F)F)cc3)[nH]c2c1.CS(=O)(=O)Nc1ccccc1-c1ccc2nc(C3CC3c3ccc(OCC(F)(F)C(F)(F)F)cc3)[nH]c2c1. The highest BCUT2D eigenvalue weighted by molar-refractivity contribution is 7.92. The third-order valence-electron chi connectivity index (χ3n) is 19.5. The Kier molecular flexibility index (Phi) is 21.2. The number of aliphatic hydroxyl groups is 2. The van der Waals surface area contributed by atoms with Crippen molar-refractivity contribution in [2.45, 2.75) is 124 Å². The topological polar surface area (TPSA) is 200 Å². The molecule has 0 spiro atoms. The third-order valence-corrected chi connectivity index (χ3v) is 20.1. The molecule has 6 N–H and O–H groups in total. The lowest BCUT2D eigenvalue weighted by atomic mass is 9.89. The molecule has 14 nitrogen and oxygen atoms in total. The number of halogens is 15. The Bertz CT molecular complexity index is 5450. The zero-order valence-electron chi connectivity index (χ0n) is 59.2. The van der Waals surface area contributed by atoms with E-state index in [0.29, 0.717) is 5.69 Å². The first kappa shape index (κ1) is 78.5. The zero-order valence-corrected chi connectivity index (χ0v) is 60.0. The number of nitrogens with zero attached hydrogens (tertiary/aromatic N) is 3. The molecular weight excluding hydrogens is 1500 g/mol. The van der Waals surface area contributed by atoms with Crippen LogP contribution < -0.4 is 18.9 Å². The normalized spacial score (nSPS) is 18.4. The minimum absolute atomic E-state index is 0.0476. The van der Waals surface area contributed by atoms with Gasteiger partial charge in [-0.1, -0.05) is 121 Å². The number of hydrogen-bond donors (Lipinski definition) is 6. The maximum absolute atomic E-state index is 13.1. The number of aliphatic hydroxyl groups excluding tert-OH is 1. The summed E-state index contributed by atoms with van der Waals surface area (Å²) in [7, 11) is -3.46. The van der Waals surface area contributed by atoms with Gasteiger partial charge in [0.25, 0.3) is 0 Å². The van der Waals surface area contributed by atoms with Crippen LogP contribution in [0.5, 0.6) is 17.2 Å². The van der Waals surface area contributed by atoms with Gasteiger partial charge in [-0.25, -0.2) is 23.4 Å². The fourth-order valence-electron chi connectivity index (χ4n) is 13.3. The van der Waals surface area contributed by atoms with Gasteiger partial charge in [0.15, 0.2) is 19.8 Å². The number of imidazole rings is 3. The van der Waals surface area contributed by atoms with Crippen LogP contribution in [0.3, 0.4) is 0 Å². The van der Waals surface area contributed by atoms with Crippen molar-refractivity contribution in [3.63, 3.8) is 0 Å². The molecule has 582 valence electrons. The van der Waals surface area contributed by atoms with E-state index in [4.69, 9.17) is 9.97 Å². The number of aromatic amines is 3. The van der Waals surface area contributed by atoms with Gasteiger partial charge in [-0.3, -0.25) is 4.72 Å². The molecule has 0 saturated heterocycles. The number of hydrogen-bond acceptors (Lipinski definition) is 10. The number of fused-ring (bicyclic) bond motifs is 3. The Morgan fingerprint density at radius 2 is 0.748 bits per heavy atom. The molecule has 7 unspecified atom stereocenters. The third kappa shape index (κ3) is 17.9. The maximum atomic E-state index is 13.1. The van der Waals surface area contributed by atoms with Crippen LogP contribution in [0.4, 0.5) is 71.5 Å². The van der Waals surface area contributed by atoms with E-state index in [1.165, 1.54) is 36.4 Å². The second-order valence-corrected chi connectivity index (χ2v) is 30.1. The predicted molar refractivity (Wildman–Crippen MR) is 388 cm³/mol. The molecule has 111 heavy (non-hydrogen) atoms. The summed E-state index contributed by atoms with van der Waals surface area (Å²) in [5.41, 5.74) is 14.2. The number of ether oxygens (including phenoxy) is 3. The Hall–Kier alpha value is -10.6. The lowest BCUT2D eigenvalue weighted by molar-refractivity contribution is -0.290. The molecule has 9 aromatic carbocycles. The number of aromatic nitrogens is 6. The Morgan fingerprint density at radius 1 is 0.432 bits per heavy atom. The van der Waals surface area contributed by atoms with Crippen LogP contribution in [0.25, 0.3) is 66.5 Å². The summed E-state index contributed by atoms with van der Waals surface area (Å²) in [5.74, 6) is -11.7. The summed E-state index contributed by atoms with van der Waals surface area (Å²) in [5, 5.41) is 20.7. The second kappa shape index (κ2) is 29.9. The van der Waals surface area contributed by atoms with Gasteiger partial charge in [-0.05, 0) is 192 Å². The summed E-state index contributed by atoms with van der Waals surface area (Å²) in [6.45, 7) is -0.0640. The van der Waals surface area contributed by atoms with Gasteiger partial charge in [0.1, 0.15) is 34.7 Å². The fourth-order valence-corrected chi connectivity index (χ4v) is 13.9. The summed E-state index contributed by atoms with van der Waals surface area (Å²) >= 11 is 0. The largest absolute Gasteiger partial charge is 0.487 e. The second-order valence-electron chi connectivity index (χ2n) is 28.4. The van der Waals surface area contributed by atoms with E-state index in [9.17, 15) is 84.5 Å². The van der Waals surface area contributed by atoms with Gasteiger partial charge in [0, 0.05) is 23.3 Å². The molecule has 3 aliphatic rings. The van der Waals surface area contributed by atoms with Gasteiger partial charge >= 0.3 is 36.3 Å². The van der Waals surface area contributed by atoms with Crippen molar-refractivity contribution in [3.05, 3.63) is 245 Å². The van der Waals surface area contributed by atoms with E-state index in [1.807, 2.05) is 115 Å². The van der Waals surface area contributed by atoms with Crippen LogP contribution >= 0.6 is 0 Å². The quantitative estimate of drug-likeness (QED) is 0.0355. The molecule has 3 fully saturated rings. The van der Waals surface area contributed by atoms with Crippen LogP contribution in [0.2, 0.25) is 0 Å². The molecule has 0 amide bonds. The first-order chi connectivity index (χ1) is 52.2. The molecule has 0 radical (unpaired) electrons. The number of sulfonamides is 1. The van der Waals surface area contributed by atoms with Gasteiger partial charge in [-0.15, -0.1) is 0 Å². The Morgan fingerprint density at radius 3 is 1.09 bits per heavy atom. The summed E-state index contributed by atoms with van der Waals surface area (Å²) in [6.07, 6.45) is -14.0. The van der Waals surface area contributed by atoms with Crippen molar-refractivity contribution in [2.75, 3.05) is 30.8 Å².